The van der Waals surface area contributed by atoms with Crippen molar-refractivity contribution < 1.29 is 19.5 Å². The molecule has 0 aliphatic carbocycles. The summed E-state index contributed by atoms with van der Waals surface area (Å²) in [5.74, 6) is -1.05. The van der Waals surface area contributed by atoms with Gasteiger partial charge in [-0.2, -0.15) is 0 Å². The van der Waals surface area contributed by atoms with Gasteiger partial charge in [0.05, 0.1) is 12.0 Å². The molecular formula is C15H18N2O4. The maximum atomic E-state index is 12.0. The van der Waals surface area contributed by atoms with E-state index in [0.29, 0.717) is 25.1 Å². The summed E-state index contributed by atoms with van der Waals surface area (Å²) in [7, 11) is 3.38. The highest BCUT2D eigenvalue weighted by molar-refractivity contribution is 6.03. The Hall–Kier alpha value is -2.37. The van der Waals surface area contributed by atoms with Crippen molar-refractivity contribution in [1.82, 2.24) is 4.90 Å². The van der Waals surface area contributed by atoms with E-state index in [1.807, 2.05) is 0 Å². The molecule has 2 rings (SSSR count). The average molecular weight is 290 g/mol. The van der Waals surface area contributed by atoms with Crippen molar-refractivity contribution in [3.05, 3.63) is 29.3 Å². The minimum Gasteiger partial charge on any atom is -0.478 e. The summed E-state index contributed by atoms with van der Waals surface area (Å²) in [5, 5.41) is 9.02. The molecule has 0 saturated heterocycles. The van der Waals surface area contributed by atoms with Gasteiger partial charge in [0.2, 0.25) is 11.8 Å². The molecule has 6 nitrogen and oxygen atoms in total. The summed E-state index contributed by atoms with van der Waals surface area (Å²) in [6.45, 7) is 0.425. The van der Waals surface area contributed by atoms with E-state index in [1.54, 1.807) is 25.1 Å². The summed E-state index contributed by atoms with van der Waals surface area (Å²) in [5.41, 5.74) is 1.65. The second-order valence-corrected chi connectivity index (χ2v) is 5.26. The van der Waals surface area contributed by atoms with E-state index in [-0.39, 0.29) is 23.8 Å². The Morgan fingerprint density at radius 2 is 2.05 bits per heavy atom. The Morgan fingerprint density at radius 3 is 2.67 bits per heavy atom. The Morgan fingerprint density at radius 1 is 1.33 bits per heavy atom. The Labute approximate surface area is 123 Å². The fourth-order valence-electron chi connectivity index (χ4n) is 2.35. The van der Waals surface area contributed by atoms with Crippen LogP contribution in [-0.4, -0.2) is 48.4 Å². The molecule has 1 heterocycles. The molecule has 0 unspecified atom stereocenters. The van der Waals surface area contributed by atoms with Gasteiger partial charge in [0.15, 0.2) is 0 Å². The van der Waals surface area contributed by atoms with E-state index >= 15 is 0 Å². The zero-order chi connectivity index (χ0) is 15.6. The lowest BCUT2D eigenvalue weighted by atomic mass is 10.1. The number of carboxylic acid groups (broad SMARTS) is 1. The van der Waals surface area contributed by atoms with Crippen molar-refractivity contribution in [2.75, 3.05) is 25.5 Å². The average Bonchev–Trinajstić information content (AvgIpc) is 2.73. The van der Waals surface area contributed by atoms with Crippen molar-refractivity contribution in [3.8, 4) is 0 Å². The Kier molecular flexibility index (Phi) is 4.26. The number of hydrogen-bond donors (Lipinski definition) is 1. The second kappa shape index (κ2) is 5.95. The van der Waals surface area contributed by atoms with Crippen LogP contribution in [0.4, 0.5) is 5.69 Å². The molecule has 1 aliphatic heterocycles. The van der Waals surface area contributed by atoms with Gasteiger partial charge in [-0.25, -0.2) is 4.79 Å². The van der Waals surface area contributed by atoms with Crippen LogP contribution in [0.3, 0.4) is 0 Å². The van der Waals surface area contributed by atoms with E-state index in [9.17, 15) is 14.4 Å². The molecule has 1 aromatic carbocycles. The van der Waals surface area contributed by atoms with Crippen molar-refractivity contribution >= 4 is 23.5 Å². The molecule has 1 aromatic rings. The van der Waals surface area contributed by atoms with Crippen molar-refractivity contribution in [1.29, 1.82) is 0 Å². The third-order valence-corrected chi connectivity index (χ3v) is 3.54. The molecular weight excluding hydrogens is 272 g/mol. The first-order valence-corrected chi connectivity index (χ1v) is 6.77. The van der Waals surface area contributed by atoms with Crippen molar-refractivity contribution in [3.63, 3.8) is 0 Å². The van der Waals surface area contributed by atoms with Gasteiger partial charge in [0, 0.05) is 32.7 Å². The molecule has 1 N–H and O–H groups in total. The number of aromatic carboxylic acids is 1. The highest BCUT2D eigenvalue weighted by atomic mass is 16.4. The fraction of sp³-hybridized carbons (Fsp3) is 0.400. The van der Waals surface area contributed by atoms with E-state index in [2.05, 4.69) is 0 Å². The molecule has 2 amide bonds. The zero-order valence-electron chi connectivity index (χ0n) is 12.1. The molecule has 0 atom stereocenters. The van der Waals surface area contributed by atoms with Crippen LogP contribution in [-0.2, 0) is 16.0 Å². The number of anilines is 1. The van der Waals surface area contributed by atoms with Crippen LogP contribution in [0.25, 0.3) is 0 Å². The van der Waals surface area contributed by atoms with Gasteiger partial charge in [-0.3, -0.25) is 9.59 Å². The van der Waals surface area contributed by atoms with E-state index in [4.69, 9.17) is 5.11 Å². The summed E-state index contributed by atoms with van der Waals surface area (Å²) in [6, 6.07) is 4.71. The number of fused-ring (bicyclic) bond motifs is 1. The van der Waals surface area contributed by atoms with Crippen LogP contribution in [0, 0.1) is 0 Å². The van der Waals surface area contributed by atoms with Gasteiger partial charge < -0.3 is 14.9 Å². The van der Waals surface area contributed by atoms with Gasteiger partial charge in [-0.1, -0.05) is 6.07 Å². The van der Waals surface area contributed by atoms with Gasteiger partial charge in [0.1, 0.15) is 0 Å². The lowest BCUT2D eigenvalue weighted by molar-refractivity contribution is -0.128. The minimum absolute atomic E-state index is 0.0150. The van der Waals surface area contributed by atoms with Crippen LogP contribution in [0.5, 0.6) is 0 Å². The lowest BCUT2D eigenvalue weighted by Gasteiger charge is -2.18. The summed E-state index contributed by atoms with van der Waals surface area (Å²) >= 11 is 0. The Balaban J connectivity index is 2.08. The number of carboxylic acids is 1. The molecule has 0 fully saturated rings. The standard InChI is InChI=1S/C15H18N2O4/c1-16(2)13(18)4-3-7-17-12-8-11(15(20)21)6-5-10(12)9-14(17)19/h5-6,8H,3-4,7,9H2,1-2H3,(H,20,21). The van der Waals surface area contributed by atoms with E-state index in [0.717, 1.165) is 5.56 Å². The topological polar surface area (TPSA) is 77.9 Å². The van der Waals surface area contributed by atoms with Crippen molar-refractivity contribution in [2.45, 2.75) is 19.3 Å². The largest absolute Gasteiger partial charge is 0.478 e. The first kappa shape index (κ1) is 15.0. The number of hydrogen-bond acceptors (Lipinski definition) is 3. The quantitative estimate of drug-likeness (QED) is 0.882. The lowest BCUT2D eigenvalue weighted by Crippen LogP contribution is -2.29. The third kappa shape index (κ3) is 3.21. The molecule has 0 spiro atoms. The number of benzene rings is 1. The molecule has 1 aliphatic rings. The minimum atomic E-state index is -1.01. The SMILES string of the molecule is CN(C)C(=O)CCCN1C(=O)Cc2ccc(C(=O)O)cc21. The Bertz CT molecular complexity index is 595. The van der Waals surface area contributed by atoms with Crippen LogP contribution in [0.2, 0.25) is 0 Å². The van der Waals surface area contributed by atoms with Gasteiger partial charge in [-0.05, 0) is 24.1 Å². The van der Waals surface area contributed by atoms with Crippen LogP contribution in [0.1, 0.15) is 28.8 Å². The zero-order valence-corrected chi connectivity index (χ0v) is 12.1. The van der Waals surface area contributed by atoms with E-state index < -0.39 is 5.97 Å². The van der Waals surface area contributed by atoms with Crippen LogP contribution >= 0.6 is 0 Å². The van der Waals surface area contributed by atoms with Gasteiger partial charge in [-0.15, -0.1) is 0 Å². The predicted octanol–water partition coefficient (Wildman–Crippen LogP) is 1.14. The molecule has 112 valence electrons. The summed E-state index contributed by atoms with van der Waals surface area (Å²) < 4.78 is 0. The monoisotopic (exact) mass is 290 g/mol. The second-order valence-electron chi connectivity index (χ2n) is 5.26. The van der Waals surface area contributed by atoms with E-state index in [1.165, 1.54) is 17.0 Å². The van der Waals surface area contributed by atoms with Gasteiger partial charge in [0.25, 0.3) is 0 Å². The molecule has 0 radical (unpaired) electrons. The van der Waals surface area contributed by atoms with Crippen LogP contribution < -0.4 is 4.90 Å². The number of amides is 2. The van der Waals surface area contributed by atoms with Crippen molar-refractivity contribution in [2.24, 2.45) is 0 Å². The molecule has 21 heavy (non-hydrogen) atoms. The maximum Gasteiger partial charge on any atom is 0.335 e. The highest BCUT2D eigenvalue weighted by Gasteiger charge is 2.27. The fourth-order valence-corrected chi connectivity index (χ4v) is 2.35. The smallest absolute Gasteiger partial charge is 0.335 e. The molecule has 6 heteroatoms. The van der Waals surface area contributed by atoms with Crippen LogP contribution in [0.15, 0.2) is 18.2 Å². The normalized spacial score (nSPS) is 13.2. The maximum absolute atomic E-state index is 12.0. The first-order chi connectivity index (χ1) is 9.90. The first-order valence-electron chi connectivity index (χ1n) is 6.77. The number of nitrogens with zero attached hydrogens (tertiary/aromatic N) is 2. The number of rotatable bonds is 5. The summed E-state index contributed by atoms with van der Waals surface area (Å²) in [4.78, 5) is 37.6. The predicted molar refractivity (Wildman–Crippen MR) is 77.4 cm³/mol. The third-order valence-electron chi connectivity index (χ3n) is 3.54. The number of carbonyl (C=O) groups excluding carboxylic acids is 2. The highest BCUT2D eigenvalue weighted by Crippen LogP contribution is 2.30. The number of carbonyl (C=O) groups is 3. The molecule has 0 bridgehead atoms. The van der Waals surface area contributed by atoms with Gasteiger partial charge >= 0.3 is 5.97 Å². The molecule has 0 aromatic heterocycles. The molecule has 0 saturated carbocycles. The summed E-state index contributed by atoms with van der Waals surface area (Å²) in [6.07, 6.45) is 1.21.